The molecule has 0 bridgehead atoms. The Morgan fingerprint density at radius 2 is 2.00 bits per heavy atom. The Kier molecular flexibility index (Phi) is 3.82. The first-order chi connectivity index (χ1) is 10.3. The molecule has 2 amide bonds. The molecule has 2 aromatic carbocycles. The van der Waals surface area contributed by atoms with E-state index in [0.717, 1.165) is 28.8 Å². The second-order valence-corrected chi connectivity index (χ2v) is 4.65. The average Bonchev–Trinajstić information content (AvgIpc) is 2.96. The standard InChI is InChI=1S/C16H15N3O2/c20-16(19-13-4-2-1-3-5-13)17-9-8-12-6-7-14-15(10-12)21-11-18-14/h1-7,10-11H,8-9H2,(H2,17,19,20). The monoisotopic (exact) mass is 281 g/mol. The Labute approximate surface area is 122 Å². The van der Waals surface area contributed by atoms with Crippen molar-refractivity contribution in [1.29, 1.82) is 0 Å². The maximum atomic E-state index is 11.7. The zero-order valence-electron chi connectivity index (χ0n) is 11.4. The Balaban J connectivity index is 1.50. The number of rotatable bonds is 4. The smallest absolute Gasteiger partial charge is 0.319 e. The lowest BCUT2D eigenvalue weighted by Gasteiger charge is -2.07. The zero-order chi connectivity index (χ0) is 14.5. The van der Waals surface area contributed by atoms with Gasteiger partial charge in [-0.3, -0.25) is 0 Å². The third-order valence-corrected chi connectivity index (χ3v) is 3.13. The molecule has 0 radical (unpaired) electrons. The highest BCUT2D eigenvalue weighted by molar-refractivity contribution is 5.89. The molecule has 1 aromatic heterocycles. The predicted octanol–water partition coefficient (Wildman–Crippen LogP) is 3.19. The van der Waals surface area contributed by atoms with Crippen LogP contribution in [0.2, 0.25) is 0 Å². The summed E-state index contributed by atoms with van der Waals surface area (Å²) >= 11 is 0. The van der Waals surface area contributed by atoms with Gasteiger partial charge in [0, 0.05) is 12.2 Å². The fraction of sp³-hybridized carbons (Fsp3) is 0.125. The molecule has 0 atom stereocenters. The van der Waals surface area contributed by atoms with E-state index < -0.39 is 0 Å². The molecule has 5 nitrogen and oxygen atoms in total. The molecule has 3 rings (SSSR count). The molecular formula is C16H15N3O2. The predicted molar refractivity (Wildman–Crippen MR) is 81.2 cm³/mol. The summed E-state index contributed by atoms with van der Waals surface area (Å²) in [5.41, 5.74) is 3.48. The normalized spacial score (nSPS) is 10.5. The summed E-state index contributed by atoms with van der Waals surface area (Å²) in [4.78, 5) is 15.8. The molecule has 0 unspecified atom stereocenters. The van der Waals surface area contributed by atoms with Crippen LogP contribution < -0.4 is 10.6 Å². The van der Waals surface area contributed by atoms with E-state index in [9.17, 15) is 4.79 Å². The fourth-order valence-corrected chi connectivity index (χ4v) is 2.07. The summed E-state index contributed by atoms with van der Waals surface area (Å²) in [5.74, 6) is 0. The van der Waals surface area contributed by atoms with E-state index in [1.165, 1.54) is 6.39 Å². The fourth-order valence-electron chi connectivity index (χ4n) is 2.07. The molecule has 0 fully saturated rings. The number of nitrogens with one attached hydrogen (secondary N) is 2. The van der Waals surface area contributed by atoms with Gasteiger partial charge in [-0.1, -0.05) is 24.3 Å². The number of benzene rings is 2. The molecule has 21 heavy (non-hydrogen) atoms. The maximum Gasteiger partial charge on any atom is 0.319 e. The van der Waals surface area contributed by atoms with Crippen LogP contribution >= 0.6 is 0 Å². The number of hydrogen-bond acceptors (Lipinski definition) is 3. The molecule has 5 heteroatoms. The number of oxazole rings is 1. The van der Waals surface area contributed by atoms with Crippen molar-refractivity contribution in [3.63, 3.8) is 0 Å². The van der Waals surface area contributed by atoms with Crippen LogP contribution in [-0.2, 0) is 6.42 Å². The number of carbonyl (C=O) groups is 1. The highest BCUT2D eigenvalue weighted by Gasteiger charge is 2.03. The lowest BCUT2D eigenvalue weighted by Crippen LogP contribution is -2.30. The first kappa shape index (κ1) is 13.2. The lowest BCUT2D eigenvalue weighted by molar-refractivity contribution is 0.252. The molecule has 2 N–H and O–H groups in total. The molecular weight excluding hydrogens is 266 g/mol. The number of urea groups is 1. The summed E-state index contributed by atoms with van der Waals surface area (Å²) in [5, 5.41) is 5.60. The van der Waals surface area contributed by atoms with Crippen LogP contribution in [0, 0.1) is 0 Å². The molecule has 0 spiro atoms. The van der Waals surface area contributed by atoms with E-state index in [1.54, 1.807) is 0 Å². The van der Waals surface area contributed by atoms with Crippen LogP contribution in [0.3, 0.4) is 0 Å². The number of anilines is 1. The molecule has 1 heterocycles. The number of fused-ring (bicyclic) bond motifs is 1. The third-order valence-electron chi connectivity index (χ3n) is 3.13. The molecule has 0 saturated carbocycles. The van der Waals surface area contributed by atoms with Crippen molar-refractivity contribution in [2.45, 2.75) is 6.42 Å². The van der Waals surface area contributed by atoms with Gasteiger partial charge in [0.15, 0.2) is 12.0 Å². The lowest BCUT2D eigenvalue weighted by atomic mass is 10.1. The van der Waals surface area contributed by atoms with Crippen LogP contribution in [0.15, 0.2) is 59.3 Å². The van der Waals surface area contributed by atoms with Gasteiger partial charge < -0.3 is 15.1 Å². The minimum atomic E-state index is -0.207. The van der Waals surface area contributed by atoms with Gasteiger partial charge >= 0.3 is 6.03 Å². The Hall–Kier alpha value is -2.82. The van der Waals surface area contributed by atoms with E-state index >= 15 is 0 Å². The summed E-state index contributed by atoms with van der Waals surface area (Å²) in [6.07, 6.45) is 2.17. The van der Waals surface area contributed by atoms with Crippen LogP contribution in [0.5, 0.6) is 0 Å². The Morgan fingerprint density at radius 3 is 2.86 bits per heavy atom. The van der Waals surface area contributed by atoms with Crippen LogP contribution in [0.1, 0.15) is 5.56 Å². The number of aromatic nitrogens is 1. The van der Waals surface area contributed by atoms with Gasteiger partial charge in [-0.25, -0.2) is 9.78 Å². The zero-order valence-corrected chi connectivity index (χ0v) is 11.4. The number of hydrogen-bond donors (Lipinski definition) is 2. The van der Waals surface area contributed by atoms with E-state index in [1.807, 2.05) is 48.5 Å². The number of para-hydroxylation sites is 1. The van der Waals surface area contributed by atoms with Crippen molar-refractivity contribution in [3.05, 3.63) is 60.5 Å². The van der Waals surface area contributed by atoms with E-state index in [-0.39, 0.29) is 6.03 Å². The van der Waals surface area contributed by atoms with Crippen molar-refractivity contribution in [2.24, 2.45) is 0 Å². The second kappa shape index (κ2) is 6.09. The Bertz CT molecular complexity index is 737. The van der Waals surface area contributed by atoms with Crippen molar-refractivity contribution in [1.82, 2.24) is 10.3 Å². The summed E-state index contributed by atoms with van der Waals surface area (Å²) in [7, 11) is 0. The van der Waals surface area contributed by atoms with Crippen molar-refractivity contribution >= 4 is 22.8 Å². The van der Waals surface area contributed by atoms with Gasteiger partial charge in [-0.2, -0.15) is 0 Å². The molecule has 0 aliphatic carbocycles. The number of amides is 2. The highest BCUT2D eigenvalue weighted by atomic mass is 16.3. The molecule has 0 aliphatic rings. The largest absolute Gasteiger partial charge is 0.443 e. The minimum Gasteiger partial charge on any atom is -0.443 e. The van der Waals surface area contributed by atoms with E-state index in [0.29, 0.717) is 6.54 Å². The maximum absolute atomic E-state index is 11.7. The van der Waals surface area contributed by atoms with Crippen molar-refractivity contribution in [2.75, 3.05) is 11.9 Å². The SMILES string of the molecule is O=C(NCCc1ccc2ncoc2c1)Nc1ccccc1. The first-order valence-electron chi connectivity index (χ1n) is 6.73. The second-order valence-electron chi connectivity index (χ2n) is 4.65. The van der Waals surface area contributed by atoms with Gasteiger partial charge in [-0.05, 0) is 36.2 Å². The van der Waals surface area contributed by atoms with Crippen LogP contribution in [-0.4, -0.2) is 17.6 Å². The topological polar surface area (TPSA) is 67.2 Å². The van der Waals surface area contributed by atoms with Gasteiger partial charge in [0.25, 0.3) is 0 Å². The number of nitrogens with zero attached hydrogens (tertiary/aromatic N) is 1. The Morgan fingerprint density at radius 1 is 1.14 bits per heavy atom. The summed E-state index contributed by atoms with van der Waals surface area (Å²) < 4.78 is 5.25. The van der Waals surface area contributed by atoms with Gasteiger partial charge in [0.2, 0.25) is 0 Å². The molecule has 106 valence electrons. The molecule has 0 aliphatic heterocycles. The van der Waals surface area contributed by atoms with Gasteiger partial charge in [0.05, 0.1) is 0 Å². The van der Waals surface area contributed by atoms with E-state index in [2.05, 4.69) is 15.6 Å². The quantitative estimate of drug-likeness (QED) is 0.771. The number of carbonyl (C=O) groups excluding carboxylic acids is 1. The van der Waals surface area contributed by atoms with Crippen molar-refractivity contribution < 1.29 is 9.21 Å². The van der Waals surface area contributed by atoms with Crippen molar-refractivity contribution in [3.8, 4) is 0 Å². The van der Waals surface area contributed by atoms with Crippen LogP contribution in [0.25, 0.3) is 11.1 Å². The molecule has 0 saturated heterocycles. The summed E-state index contributed by atoms with van der Waals surface area (Å²) in [6, 6.07) is 15.0. The van der Waals surface area contributed by atoms with Gasteiger partial charge in [0.1, 0.15) is 5.52 Å². The minimum absolute atomic E-state index is 0.207. The van der Waals surface area contributed by atoms with Gasteiger partial charge in [-0.15, -0.1) is 0 Å². The summed E-state index contributed by atoms with van der Waals surface area (Å²) in [6.45, 7) is 0.554. The van der Waals surface area contributed by atoms with Crippen LogP contribution in [0.4, 0.5) is 10.5 Å². The molecule has 3 aromatic rings. The average molecular weight is 281 g/mol. The third kappa shape index (κ3) is 3.39. The van der Waals surface area contributed by atoms with E-state index in [4.69, 9.17) is 4.42 Å². The first-order valence-corrected chi connectivity index (χ1v) is 6.73. The highest BCUT2D eigenvalue weighted by Crippen LogP contribution is 2.14.